The fourth-order valence-electron chi connectivity index (χ4n) is 9.05. The van der Waals surface area contributed by atoms with Crippen molar-refractivity contribution in [3.63, 3.8) is 0 Å². The Kier molecular flexibility index (Phi) is 9.19. The second-order valence-corrected chi connectivity index (χ2v) is 16.4. The Morgan fingerprint density at radius 1 is 1.16 bits per heavy atom. The second kappa shape index (κ2) is 12.6. The molecule has 2 amide bonds. The number of alkyl carbamates (subject to hydrolysis) is 1. The van der Waals surface area contributed by atoms with Gasteiger partial charge in [0.2, 0.25) is 0 Å². The molecule has 49 heavy (non-hydrogen) atoms. The van der Waals surface area contributed by atoms with Crippen LogP contribution in [-0.2, 0) is 25.3 Å². The van der Waals surface area contributed by atoms with Crippen molar-refractivity contribution in [1.82, 2.24) is 15.1 Å². The third-order valence-electron chi connectivity index (χ3n) is 12.3. The van der Waals surface area contributed by atoms with E-state index in [9.17, 15) is 28.0 Å². The Labute approximate surface area is 287 Å². The fraction of sp³-hybridized carbons (Fsp3) is 0.694. The van der Waals surface area contributed by atoms with E-state index >= 15 is 0 Å². The number of carbonyl (C=O) groups excluding carboxylic acids is 2. The first-order chi connectivity index (χ1) is 22.9. The predicted molar refractivity (Wildman–Crippen MR) is 177 cm³/mol. The third kappa shape index (κ3) is 6.73. The van der Waals surface area contributed by atoms with Gasteiger partial charge in [0, 0.05) is 25.0 Å². The minimum absolute atomic E-state index is 0.103. The van der Waals surface area contributed by atoms with E-state index in [0.717, 1.165) is 18.4 Å². The lowest BCUT2D eigenvalue weighted by Crippen LogP contribution is -2.65. The molecule has 3 saturated heterocycles. The molecule has 3 aliphatic carbocycles. The van der Waals surface area contributed by atoms with Crippen LogP contribution in [0.4, 0.5) is 18.0 Å². The Morgan fingerprint density at radius 2 is 1.88 bits per heavy atom. The minimum atomic E-state index is -2.81. The molecule has 1 aromatic carbocycles. The summed E-state index contributed by atoms with van der Waals surface area (Å²) in [5, 5.41) is 12.9. The van der Waals surface area contributed by atoms with Crippen molar-refractivity contribution >= 4 is 19.1 Å². The highest BCUT2D eigenvalue weighted by molar-refractivity contribution is 6.47. The van der Waals surface area contributed by atoms with Gasteiger partial charge in [0.1, 0.15) is 24.1 Å². The highest BCUT2D eigenvalue weighted by atomic mass is 19.3. The van der Waals surface area contributed by atoms with Gasteiger partial charge in [0.25, 0.3) is 11.8 Å². The maximum absolute atomic E-state index is 13.9. The van der Waals surface area contributed by atoms with E-state index in [0.29, 0.717) is 37.6 Å². The first-order valence-electron chi connectivity index (χ1n) is 17.5. The maximum atomic E-state index is 13.9. The molecule has 266 valence electrons. The molecular weight excluding hydrogens is 636 g/mol. The zero-order valence-corrected chi connectivity index (χ0v) is 29.4. The Bertz CT molecular complexity index is 1530. The van der Waals surface area contributed by atoms with Crippen LogP contribution in [0, 0.1) is 34.4 Å². The number of hydrogen-bond acceptors (Lipinski definition) is 7. The molecular formula is C36H48BF3N4O5. The summed E-state index contributed by atoms with van der Waals surface area (Å²) in [5.41, 5.74) is -1.53. The van der Waals surface area contributed by atoms with E-state index < -0.39 is 54.2 Å². The summed E-state index contributed by atoms with van der Waals surface area (Å²) in [7, 11) is -0.745. The minimum Gasteiger partial charge on any atom is -0.447 e. The average molecular weight is 685 g/mol. The van der Waals surface area contributed by atoms with Crippen LogP contribution < -0.4 is 5.32 Å². The maximum Gasteiger partial charge on any atom is 0.482 e. The number of halogens is 3. The molecule has 1 N–H and O–H groups in total. The number of amides is 2. The van der Waals surface area contributed by atoms with Crippen molar-refractivity contribution < 1.29 is 36.8 Å². The molecule has 6 atom stereocenters. The molecule has 7 rings (SSSR count). The van der Waals surface area contributed by atoms with Gasteiger partial charge in [-0.1, -0.05) is 26.0 Å². The van der Waals surface area contributed by atoms with E-state index in [1.54, 1.807) is 35.8 Å². The SMILES string of the molecule is CC1(C)[C@@H]2C[C@H]3OB([C@H](Cc4ccc(F)cc4)NC(=O)OC[C@@]4(C)CCCN4C(=O)C(C#N)=CC(C)(C)N4CCC(F)(F)C4)O[C@@]3(C)[C@H]1C2. The van der Waals surface area contributed by atoms with Gasteiger partial charge < -0.3 is 24.3 Å². The lowest BCUT2D eigenvalue weighted by molar-refractivity contribution is -0.199. The van der Waals surface area contributed by atoms with E-state index in [2.05, 4.69) is 26.1 Å². The smallest absolute Gasteiger partial charge is 0.447 e. The highest BCUT2D eigenvalue weighted by Gasteiger charge is 2.68. The van der Waals surface area contributed by atoms with E-state index in [1.165, 1.54) is 18.2 Å². The number of benzene rings is 1. The van der Waals surface area contributed by atoms with Gasteiger partial charge in [-0.25, -0.2) is 18.0 Å². The van der Waals surface area contributed by atoms with Gasteiger partial charge in [0.05, 0.1) is 29.7 Å². The average Bonchev–Trinajstić information content (AvgIpc) is 3.72. The standard InChI is InChI=1S/C36H48BF3N4O5/c1-32(2,43-15-13-36(39,40)21-43)19-24(20-41)30(45)44-14-7-12-34(44,5)22-47-31(46)42-29(16-23-8-10-26(38)11-9-23)37-48-28-18-25-17-27(33(25,3)4)35(28,6)49-37/h8-11,19,25,27-29H,7,12-18,21-22H2,1-6H3,(H,42,46)/t25-,27-,28+,29-,34+,35-/m0/s1. The topological polar surface area (TPSA) is 104 Å². The van der Waals surface area contributed by atoms with Crippen LogP contribution in [0.3, 0.4) is 0 Å². The number of alkyl halides is 2. The van der Waals surface area contributed by atoms with Gasteiger partial charge in [-0.05, 0) is 101 Å². The second-order valence-electron chi connectivity index (χ2n) is 16.4. The van der Waals surface area contributed by atoms with Crippen LogP contribution in [-0.4, -0.2) is 89.8 Å². The van der Waals surface area contributed by atoms with Gasteiger partial charge in [-0.3, -0.25) is 9.69 Å². The molecule has 6 aliphatic rings. The first-order valence-corrected chi connectivity index (χ1v) is 17.5. The molecule has 13 heteroatoms. The zero-order chi connectivity index (χ0) is 35.6. The number of hydrogen-bond donors (Lipinski definition) is 1. The first kappa shape index (κ1) is 35.7. The van der Waals surface area contributed by atoms with Crippen LogP contribution in [0.5, 0.6) is 0 Å². The van der Waals surface area contributed by atoms with Gasteiger partial charge in [-0.15, -0.1) is 0 Å². The molecule has 0 aromatic heterocycles. The summed E-state index contributed by atoms with van der Waals surface area (Å²) < 4.78 is 60.5. The Balaban J connectivity index is 1.13. The van der Waals surface area contributed by atoms with Crippen LogP contribution in [0.1, 0.15) is 79.2 Å². The monoisotopic (exact) mass is 684 g/mol. The molecule has 0 spiro atoms. The molecule has 0 unspecified atom stereocenters. The number of ether oxygens (including phenoxy) is 1. The number of likely N-dealkylation sites (tertiary alicyclic amines) is 2. The summed E-state index contributed by atoms with van der Waals surface area (Å²) in [6, 6.07) is 8.06. The van der Waals surface area contributed by atoms with E-state index in [4.69, 9.17) is 14.0 Å². The molecule has 1 aromatic rings. The Morgan fingerprint density at radius 3 is 2.51 bits per heavy atom. The number of nitrogens with one attached hydrogen (secondary N) is 1. The van der Waals surface area contributed by atoms with Crippen molar-refractivity contribution in [2.24, 2.45) is 17.3 Å². The van der Waals surface area contributed by atoms with Crippen molar-refractivity contribution in [2.45, 2.75) is 115 Å². The molecule has 3 heterocycles. The van der Waals surface area contributed by atoms with Crippen molar-refractivity contribution in [1.29, 1.82) is 5.26 Å². The van der Waals surface area contributed by atoms with E-state index in [1.807, 2.05) is 13.0 Å². The van der Waals surface area contributed by atoms with Crippen molar-refractivity contribution in [3.8, 4) is 6.07 Å². The molecule has 6 fully saturated rings. The summed E-state index contributed by atoms with van der Waals surface area (Å²) in [5.74, 6) is -3.45. The lowest BCUT2D eigenvalue weighted by atomic mass is 9.43. The number of nitriles is 1. The third-order valence-corrected chi connectivity index (χ3v) is 12.3. The molecule has 9 nitrogen and oxygen atoms in total. The quantitative estimate of drug-likeness (QED) is 0.203. The number of carbonyl (C=O) groups is 2. The molecule has 2 bridgehead atoms. The molecule has 3 saturated carbocycles. The summed E-state index contributed by atoms with van der Waals surface area (Å²) in [6.45, 7) is 11.9. The lowest BCUT2D eigenvalue weighted by Gasteiger charge is -2.64. The predicted octanol–water partition coefficient (Wildman–Crippen LogP) is 5.68. The largest absolute Gasteiger partial charge is 0.482 e. The number of rotatable bonds is 9. The Hall–Kier alpha value is -3.08. The highest BCUT2D eigenvalue weighted by Crippen LogP contribution is 2.65. The summed E-state index contributed by atoms with van der Waals surface area (Å²) in [6.07, 6.45) is 3.84. The van der Waals surface area contributed by atoms with Crippen LogP contribution in [0.15, 0.2) is 35.9 Å². The van der Waals surface area contributed by atoms with E-state index in [-0.39, 0.29) is 42.5 Å². The van der Waals surface area contributed by atoms with Crippen molar-refractivity contribution in [2.75, 3.05) is 26.2 Å². The van der Waals surface area contributed by atoms with Crippen LogP contribution >= 0.6 is 0 Å². The zero-order valence-electron chi connectivity index (χ0n) is 29.4. The summed E-state index contributed by atoms with van der Waals surface area (Å²) >= 11 is 0. The molecule has 0 radical (unpaired) electrons. The van der Waals surface area contributed by atoms with Crippen molar-refractivity contribution in [3.05, 3.63) is 47.3 Å². The fourth-order valence-corrected chi connectivity index (χ4v) is 9.05. The molecule has 3 aliphatic heterocycles. The van der Waals surface area contributed by atoms with Gasteiger partial charge in [0.15, 0.2) is 0 Å². The number of nitrogens with zero attached hydrogens (tertiary/aromatic N) is 3. The van der Waals surface area contributed by atoms with Crippen LogP contribution in [0.2, 0.25) is 0 Å². The summed E-state index contributed by atoms with van der Waals surface area (Å²) in [4.78, 5) is 30.3. The van der Waals surface area contributed by atoms with Gasteiger partial charge >= 0.3 is 13.2 Å². The van der Waals surface area contributed by atoms with Crippen LogP contribution in [0.25, 0.3) is 0 Å². The normalized spacial score (nSPS) is 32.7. The van der Waals surface area contributed by atoms with Gasteiger partial charge in [-0.2, -0.15) is 5.26 Å².